The third kappa shape index (κ3) is 5.42. The van der Waals surface area contributed by atoms with Crippen LogP contribution in [0.15, 0.2) is 47.4 Å². The molecule has 0 aromatic heterocycles. The van der Waals surface area contributed by atoms with E-state index >= 15 is 0 Å². The molecule has 0 saturated heterocycles. The largest absolute Gasteiger partial charge is 0.486 e. The molecule has 1 saturated carbocycles. The van der Waals surface area contributed by atoms with Crippen LogP contribution in [-0.2, 0) is 9.84 Å². The molecule has 5 nitrogen and oxygen atoms in total. The average Bonchev–Trinajstić information content (AvgIpc) is 3.24. The van der Waals surface area contributed by atoms with Gasteiger partial charge < -0.3 is 14.8 Å². The first-order valence-electron chi connectivity index (χ1n) is 11.3. The Morgan fingerprint density at radius 3 is 2.61 bits per heavy atom. The van der Waals surface area contributed by atoms with Crippen LogP contribution in [0.25, 0.3) is 0 Å². The standard InChI is InChI=1S/C25H33NO4S/c1-18(23-6-3-7-24-25(23)30-16-15-29-24)26-14-4-5-19-8-9-21(17-19)20-10-12-22(13-11-20)31(2,27)28/h3,6-7,10-13,18-19,21,26H,4-5,8-9,14-17H2,1-2H3. The summed E-state index contributed by atoms with van der Waals surface area (Å²) >= 11 is 0. The normalized spacial score (nSPS) is 21.7. The van der Waals surface area contributed by atoms with Crippen molar-refractivity contribution in [1.82, 2.24) is 5.32 Å². The number of fused-ring (bicyclic) bond motifs is 1. The van der Waals surface area contributed by atoms with E-state index in [2.05, 4.69) is 18.3 Å². The molecule has 1 fully saturated rings. The molecule has 2 aliphatic rings. The Labute approximate surface area is 186 Å². The third-order valence-electron chi connectivity index (χ3n) is 6.62. The number of hydrogen-bond acceptors (Lipinski definition) is 5. The van der Waals surface area contributed by atoms with Crippen LogP contribution in [0.3, 0.4) is 0 Å². The van der Waals surface area contributed by atoms with E-state index < -0.39 is 9.84 Å². The average molecular weight is 444 g/mol. The number of nitrogens with one attached hydrogen (secondary N) is 1. The molecule has 3 unspecified atom stereocenters. The zero-order chi connectivity index (χ0) is 21.8. The summed E-state index contributed by atoms with van der Waals surface area (Å²) in [5.74, 6) is 3.03. The minimum atomic E-state index is -3.12. The molecular weight excluding hydrogens is 410 g/mol. The zero-order valence-electron chi connectivity index (χ0n) is 18.5. The first kappa shape index (κ1) is 22.2. The highest BCUT2D eigenvalue weighted by atomic mass is 32.2. The fraction of sp³-hybridized carbons (Fsp3) is 0.520. The molecule has 31 heavy (non-hydrogen) atoms. The summed E-state index contributed by atoms with van der Waals surface area (Å²) in [5.41, 5.74) is 2.44. The highest BCUT2D eigenvalue weighted by Crippen LogP contribution is 2.40. The Morgan fingerprint density at radius 1 is 1.06 bits per heavy atom. The highest BCUT2D eigenvalue weighted by molar-refractivity contribution is 7.90. The van der Waals surface area contributed by atoms with Gasteiger partial charge in [0, 0.05) is 17.9 Å². The van der Waals surface area contributed by atoms with Crippen LogP contribution >= 0.6 is 0 Å². The zero-order valence-corrected chi connectivity index (χ0v) is 19.3. The molecule has 3 atom stereocenters. The molecule has 2 aromatic rings. The van der Waals surface area contributed by atoms with Crippen molar-refractivity contribution in [2.45, 2.75) is 55.9 Å². The molecule has 4 rings (SSSR count). The molecule has 0 amide bonds. The van der Waals surface area contributed by atoms with Crippen molar-refractivity contribution in [2.24, 2.45) is 5.92 Å². The molecular formula is C25H33NO4S. The van der Waals surface area contributed by atoms with Crippen LogP contribution < -0.4 is 14.8 Å². The van der Waals surface area contributed by atoms with Crippen molar-refractivity contribution in [1.29, 1.82) is 0 Å². The number of ether oxygens (including phenoxy) is 2. The van der Waals surface area contributed by atoms with E-state index in [1.807, 2.05) is 24.3 Å². The molecule has 0 spiro atoms. The van der Waals surface area contributed by atoms with Crippen molar-refractivity contribution < 1.29 is 17.9 Å². The number of rotatable bonds is 8. The summed E-state index contributed by atoms with van der Waals surface area (Å²) in [5, 5.41) is 3.64. The quantitative estimate of drug-likeness (QED) is 0.590. The van der Waals surface area contributed by atoms with E-state index in [9.17, 15) is 8.42 Å². The lowest BCUT2D eigenvalue weighted by molar-refractivity contribution is 0.169. The monoisotopic (exact) mass is 443 g/mol. The highest BCUT2D eigenvalue weighted by Gasteiger charge is 2.26. The van der Waals surface area contributed by atoms with Gasteiger partial charge in [-0.1, -0.05) is 24.3 Å². The van der Waals surface area contributed by atoms with Gasteiger partial charge in [-0.05, 0) is 81.2 Å². The Kier molecular flexibility index (Phi) is 6.87. The minimum Gasteiger partial charge on any atom is -0.486 e. The molecule has 1 heterocycles. The maximum atomic E-state index is 11.7. The molecule has 168 valence electrons. The first-order valence-corrected chi connectivity index (χ1v) is 13.2. The van der Waals surface area contributed by atoms with Gasteiger partial charge in [0.2, 0.25) is 0 Å². The Bertz CT molecular complexity index is 987. The summed E-state index contributed by atoms with van der Waals surface area (Å²) in [6, 6.07) is 13.8. The lowest BCUT2D eigenvalue weighted by atomic mass is 9.95. The lowest BCUT2D eigenvalue weighted by Gasteiger charge is -2.24. The molecule has 6 heteroatoms. The molecule has 1 aliphatic heterocycles. The van der Waals surface area contributed by atoms with Crippen molar-refractivity contribution in [3.63, 3.8) is 0 Å². The maximum absolute atomic E-state index is 11.7. The van der Waals surface area contributed by atoms with Gasteiger partial charge in [-0.15, -0.1) is 0 Å². The predicted molar refractivity (Wildman–Crippen MR) is 123 cm³/mol. The first-order chi connectivity index (χ1) is 14.9. The minimum absolute atomic E-state index is 0.223. The Hall–Kier alpha value is -2.05. The van der Waals surface area contributed by atoms with Gasteiger partial charge >= 0.3 is 0 Å². The van der Waals surface area contributed by atoms with Gasteiger partial charge in [0.05, 0.1) is 4.90 Å². The molecule has 0 bridgehead atoms. The van der Waals surface area contributed by atoms with Gasteiger partial charge in [-0.3, -0.25) is 0 Å². The smallest absolute Gasteiger partial charge is 0.175 e. The second-order valence-electron chi connectivity index (χ2n) is 8.91. The van der Waals surface area contributed by atoms with Crippen LogP contribution in [0.1, 0.15) is 62.1 Å². The number of sulfone groups is 1. The summed E-state index contributed by atoms with van der Waals surface area (Å²) in [6.45, 7) is 4.38. The van der Waals surface area contributed by atoms with Crippen LogP contribution in [0.2, 0.25) is 0 Å². The van der Waals surface area contributed by atoms with Crippen molar-refractivity contribution in [3.05, 3.63) is 53.6 Å². The fourth-order valence-electron chi connectivity index (χ4n) is 4.88. The Morgan fingerprint density at radius 2 is 1.84 bits per heavy atom. The van der Waals surface area contributed by atoms with Crippen molar-refractivity contribution in [3.8, 4) is 11.5 Å². The van der Waals surface area contributed by atoms with Gasteiger partial charge in [0.25, 0.3) is 0 Å². The van der Waals surface area contributed by atoms with E-state index in [0.29, 0.717) is 24.0 Å². The summed E-state index contributed by atoms with van der Waals surface area (Å²) < 4.78 is 34.8. The van der Waals surface area contributed by atoms with E-state index in [-0.39, 0.29) is 6.04 Å². The van der Waals surface area contributed by atoms with Gasteiger partial charge in [-0.25, -0.2) is 8.42 Å². The SMILES string of the molecule is CC(NCCCC1CCC(c2ccc(S(C)(=O)=O)cc2)C1)c1cccc2c1OCCO2. The van der Waals surface area contributed by atoms with Crippen LogP contribution in [-0.4, -0.2) is 34.4 Å². The molecule has 1 N–H and O–H groups in total. The maximum Gasteiger partial charge on any atom is 0.175 e. The predicted octanol–water partition coefficient (Wildman–Crippen LogP) is 4.88. The van der Waals surface area contributed by atoms with Crippen molar-refractivity contribution >= 4 is 9.84 Å². The second kappa shape index (κ2) is 9.61. The summed E-state index contributed by atoms with van der Waals surface area (Å²) in [6.07, 6.45) is 7.29. The van der Waals surface area contributed by atoms with Crippen molar-refractivity contribution in [2.75, 3.05) is 26.0 Å². The van der Waals surface area contributed by atoms with E-state index in [0.717, 1.165) is 35.9 Å². The number of benzene rings is 2. The van der Waals surface area contributed by atoms with Crippen LogP contribution in [0.5, 0.6) is 11.5 Å². The summed E-state index contributed by atoms with van der Waals surface area (Å²) in [7, 11) is -3.12. The third-order valence-corrected chi connectivity index (χ3v) is 7.75. The molecule has 0 radical (unpaired) electrons. The topological polar surface area (TPSA) is 64.6 Å². The van der Waals surface area contributed by atoms with E-state index in [1.54, 1.807) is 12.1 Å². The molecule has 1 aliphatic carbocycles. The van der Waals surface area contributed by atoms with Crippen LogP contribution in [0, 0.1) is 5.92 Å². The summed E-state index contributed by atoms with van der Waals surface area (Å²) in [4.78, 5) is 0.405. The van der Waals surface area contributed by atoms with Gasteiger partial charge in [0.15, 0.2) is 21.3 Å². The van der Waals surface area contributed by atoms with E-state index in [1.165, 1.54) is 37.5 Å². The number of hydrogen-bond donors (Lipinski definition) is 1. The van der Waals surface area contributed by atoms with Crippen LogP contribution in [0.4, 0.5) is 0 Å². The van der Waals surface area contributed by atoms with Gasteiger partial charge in [-0.2, -0.15) is 0 Å². The lowest BCUT2D eigenvalue weighted by Crippen LogP contribution is -2.23. The second-order valence-corrected chi connectivity index (χ2v) is 10.9. The van der Waals surface area contributed by atoms with Gasteiger partial charge in [0.1, 0.15) is 13.2 Å². The fourth-order valence-corrected chi connectivity index (χ4v) is 5.51. The Balaban J connectivity index is 1.22. The molecule has 2 aromatic carbocycles. The number of para-hydroxylation sites is 1. The van der Waals surface area contributed by atoms with E-state index in [4.69, 9.17) is 9.47 Å².